The number of aromatic nitrogens is 2. The molecule has 1 aromatic heterocycles. The predicted molar refractivity (Wildman–Crippen MR) is 77.6 cm³/mol. The highest BCUT2D eigenvalue weighted by Gasteiger charge is 2.16. The number of aryl methyl sites for hydroxylation is 2. The summed E-state index contributed by atoms with van der Waals surface area (Å²) in [6.45, 7) is 2.11. The molecule has 1 unspecified atom stereocenters. The Bertz CT molecular complexity index is 534. The minimum atomic E-state index is 0.264. The molecule has 0 saturated carbocycles. The number of likely N-dealkylation sites (N-methyl/N-ethyl adjacent to an activating group) is 1. The van der Waals surface area contributed by atoms with Gasteiger partial charge >= 0.3 is 0 Å². The molecule has 0 aliphatic heterocycles. The summed E-state index contributed by atoms with van der Waals surface area (Å²) in [7, 11) is 4.02. The maximum absolute atomic E-state index is 4.39. The number of halogens is 1. The molecule has 2 aromatic rings. The lowest BCUT2D eigenvalue weighted by Gasteiger charge is -2.19. The average molecular weight is 308 g/mol. The predicted octanol–water partition coefficient (Wildman–Crippen LogP) is 2.99. The molecule has 0 radical (unpaired) electrons. The normalized spacial score (nSPS) is 12.7. The van der Waals surface area contributed by atoms with Crippen LogP contribution in [-0.2, 0) is 13.5 Å². The van der Waals surface area contributed by atoms with Crippen molar-refractivity contribution in [1.82, 2.24) is 14.9 Å². The lowest BCUT2D eigenvalue weighted by atomic mass is 10.0. The molecule has 1 heterocycles. The zero-order valence-corrected chi connectivity index (χ0v) is 12.5. The van der Waals surface area contributed by atoms with E-state index in [9.17, 15) is 0 Å². The van der Waals surface area contributed by atoms with Crippen LogP contribution >= 0.6 is 15.9 Å². The van der Waals surface area contributed by atoms with Crippen LogP contribution in [0, 0.1) is 6.92 Å². The average Bonchev–Trinajstić information content (AvgIpc) is 2.76. The third-order valence-corrected chi connectivity index (χ3v) is 4.34. The summed E-state index contributed by atoms with van der Waals surface area (Å²) in [5.74, 6) is 1.09. The molecule has 0 aliphatic carbocycles. The molecule has 4 heteroatoms. The smallest absolute Gasteiger partial charge is 0.110 e. The SMILES string of the molecule is CNC(Cc1nccn1C)c1cccc(C)c1Br. The number of nitrogens with zero attached hydrogens (tertiary/aromatic N) is 2. The highest BCUT2D eigenvalue weighted by atomic mass is 79.9. The minimum Gasteiger partial charge on any atom is -0.338 e. The van der Waals surface area contributed by atoms with Gasteiger partial charge in [-0.3, -0.25) is 0 Å². The van der Waals surface area contributed by atoms with Gasteiger partial charge in [-0.25, -0.2) is 4.98 Å². The van der Waals surface area contributed by atoms with Gasteiger partial charge in [0.15, 0.2) is 0 Å². The Morgan fingerprint density at radius 1 is 1.44 bits per heavy atom. The van der Waals surface area contributed by atoms with Crippen molar-refractivity contribution in [3.63, 3.8) is 0 Å². The van der Waals surface area contributed by atoms with Gasteiger partial charge in [0.2, 0.25) is 0 Å². The fourth-order valence-electron chi connectivity index (χ4n) is 2.08. The van der Waals surface area contributed by atoms with E-state index in [2.05, 4.69) is 55.9 Å². The molecule has 0 spiro atoms. The zero-order valence-electron chi connectivity index (χ0n) is 10.9. The Balaban J connectivity index is 2.29. The Labute approximate surface area is 116 Å². The molecule has 0 amide bonds. The first-order valence-electron chi connectivity index (χ1n) is 6.02. The summed E-state index contributed by atoms with van der Waals surface area (Å²) in [5.41, 5.74) is 2.54. The fourth-order valence-corrected chi connectivity index (χ4v) is 2.62. The maximum Gasteiger partial charge on any atom is 0.110 e. The summed E-state index contributed by atoms with van der Waals surface area (Å²) < 4.78 is 3.24. The van der Waals surface area contributed by atoms with Crippen LogP contribution in [0.25, 0.3) is 0 Å². The quantitative estimate of drug-likeness (QED) is 0.941. The Hall–Kier alpha value is -1.13. The van der Waals surface area contributed by atoms with Crippen LogP contribution in [-0.4, -0.2) is 16.6 Å². The summed E-state index contributed by atoms with van der Waals surface area (Å²) in [6.07, 6.45) is 4.70. The fraction of sp³-hybridized carbons (Fsp3) is 0.357. The van der Waals surface area contributed by atoms with Crippen molar-refractivity contribution in [3.8, 4) is 0 Å². The molecule has 2 rings (SSSR count). The second-order valence-corrected chi connectivity index (χ2v) is 5.27. The van der Waals surface area contributed by atoms with Gasteiger partial charge in [0.25, 0.3) is 0 Å². The number of hydrogen-bond donors (Lipinski definition) is 1. The molecule has 96 valence electrons. The summed E-state index contributed by atoms with van der Waals surface area (Å²) >= 11 is 3.68. The molecular formula is C14H18BrN3. The van der Waals surface area contributed by atoms with Crippen molar-refractivity contribution < 1.29 is 0 Å². The number of hydrogen-bond acceptors (Lipinski definition) is 2. The van der Waals surface area contributed by atoms with Crippen LogP contribution in [0.2, 0.25) is 0 Å². The standard InChI is InChI=1S/C14H18BrN3/c1-10-5-4-6-11(14(10)15)12(16-2)9-13-17-7-8-18(13)3/h4-8,12,16H,9H2,1-3H3. The molecule has 1 atom stereocenters. The van der Waals surface area contributed by atoms with E-state index in [4.69, 9.17) is 0 Å². The van der Waals surface area contributed by atoms with Crippen LogP contribution < -0.4 is 5.32 Å². The van der Waals surface area contributed by atoms with E-state index in [1.807, 2.05) is 26.5 Å². The van der Waals surface area contributed by atoms with Crippen LogP contribution in [0.15, 0.2) is 35.1 Å². The van der Waals surface area contributed by atoms with Crippen LogP contribution in [0.3, 0.4) is 0 Å². The Morgan fingerprint density at radius 2 is 2.22 bits per heavy atom. The zero-order chi connectivity index (χ0) is 13.1. The molecule has 0 aliphatic rings. The van der Waals surface area contributed by atoms with E-state index in [0.29, 0.717) is 0 Å². The number of imidazole rings is 1. The van der Waals surface area contributed by atoms with Crippen molar-refractivity contribution in [2.45, 2.75) is 19.4 Å². The first-order valence-corrected chi connectivity index (χ1v) is 6.81. The van der Waals surface area contributed by atoms with Crippen LogP contribution in [0.5, 0.6) is 0 Å². The summed E-state index contributed by atoms with van der Waals surface area (Å²) in [5, 5.41) is 3.37. The monoisotopic (exact) mass is 307 g/mol. The number of rotatable bonds is 4. The first kappa shape index (κ1) is 13.3. The van der Waals surface area contributed by atoms with Crippen molar-refractivity contribution in [1.29, 1.82) is 0 Å². The van der Waals surface area contributed by atoms with E-state index >= 15 is 0 Å². The van der Waals surface area contributed by atoms with Gasteiger partial charge in [-0.1, -0.05) is 34.1 Å². The topological polar surface area (TPSA) is 29.9 Å². The minimum absolute atomic E-state index is 0.264. The summed E-state index contributed by atoms with van der Waals surface area (Å²) in [6, 6.07) is 6.63. The van der Waals surface area contributed by atoms with E-state index in [1.165, 1.54) is 15.6 Å². The van der Waals surface area contributed by atoms with Gasteiger partial charge in [-0.15, -0.1) is 0 Å². The van der Waals surface area contributed by atoms with Crippen molar-refractivity contribution in [2.75, 3.05) is 7.05 Å². The van der Waals surface area contributed by atoms with Gasteiger partial charge < -0.3 is 9.88 Å². The number of benzene rings is 1. The lowest BCUT2D eigenvalue weighted by molar-refractivity contribution is 0.561. The van der Waals surface area contributed by atoms with Gasteiger partial charge in [-0.05, 0) is 25.1 Å². The molecule has 3 nitrogen and oxygen atoms in total. The highest BCUT2D eigenvalue weighted by molar-refractivity contribution is 9.10. The van der Waals surface area contributed by atoms with Crippen LogP contribution in [0.1, 0.15) is 23.0 Å². The van der Waals surface area contributed by atoms with Gasteiger partial charge in [-0.2, -0.15) is 0 Å². The van der Waals surface area contributed by atoms with Gasteiger partial charge in [0.05, 0.1) is 0 Å². The molecule has 0 saturated heterocycles. The summed E-state index contributed by atoms with van der Waals surface area (Å²) in [4.78, 5) is 4.39. The maximum atomic E-state index is 4.39. The molecular weight excluding hydrogens is 290 g/mol. The molecule has 1 N–H and O–H groups in total. The van der Waals surface area contributed by atoms with Crippen LogP contribution in [0.4, 0.5) is 0 Å². The molecule has 18 heavy (non-hydrogen) atoms. The first-order chi connectivity index (χ1) is 8.63. The van der Waals surface area contributed by atoms with Gasteiger partial charge in [0, 0.05) is 36.4 Å². The molecule has 1 aromatic carbocycles. The van der Waals surface area contributed by atoms with E-state index in [1.54, 1.807) is 0 Å². The highest BCUT2D eigenvalue weighted by Crippen LogP contribution is 2.28. The lowest BCUT2D eigenvalue weighted by Crippen LogP contribution is -2.21. The van der Waals surface area contributed by atoms with Crippen molar-refractivity contribution >= 4 is 15.9 Å². The Morgan fingerprint density at radius 3 is 2.83 bits per heavy atom. The van der Waals surface area contributed by atoms with Gasteiger partial charge in [0.1, 0.15) is 5.82 Å². The van der Waals surface area contributed by atoms with E-state index in [0.717, 1.165) is 12.2 Å². The molecule has 0 bridgehead atoms. The second-order valence-electron chi connectivity index (χ2n) is 4.48. The third-order valence-electron chi connectivity index (χ3n) is 3.25. The van der Waals surface area contributed by atoms with E-state index in [-0.39, 0.29) is 6.04 Å². The van der Waals surface area contributed by atoms with Crippen molar-refractivity contribution in [3.05, 3.63) is 52.0 Å². The molecule has 0 fully saturated rings. The number of nitrogens with one attached hydrogen (secondary N) is 1. The third kappa shape index (κ3) is 2.65. The largest absolute Gasteiger partial charge is 0.338 e. The van der Waals surface area contributed by atoms with Crippen molar-refractivity contribution in [2.24, 2.45) is 7.05 Å². The van der Waals surface area contributed by atoms with E-state index < -0.39 is 0 Å². The Kier molecular flexibility index (Phi) is 4.19. The second kappa shape index (κ2) is 5.67.